The van der Waals surface area contributed by atoms with Gasteiger partial charge in [-0.05, 0) is 45.3 Å². The Morgan fingerprint density at radius 3 is 2.62 bits per heavy atom. The highest BCUT2D eigenvalue weighted by Gasteiger charge is 2.36. The molecule has 0 saturated carbocycles. The molecule has 2 saturated heterocycles. The molecule has 5 heteroatoms. The van der Waals surface area contributed by atoms with E-state index in [0.717, 1.165) is 45.3 Å². The molecule has 0 spiro atoms. The zero-order valence-corrected chi connectivity index (χ0v) is 10.6. The number of piperidine rings is 1. The normalized spacial score (nSPS) is 27.4. The first-order chi connectivity index (χ1) is 7.33. The van der Waals surface area contributed by atoms with E-state index in [2.05, 4.69) is 10.2 Å². The van der Waals surface area contributed by atoms with Gasteiger partial charge >= 0.3 is 5.97 Å². The van der Waals surface area contributed by atoms with Gasteiger partial charge in [0.2, 0.25) is 0 Å². The molecule has 2 aliphatic heterocycles. The highest BCUT2D eigenvalue weighted by Crippen LogP contribution is 2.24. The quantitative estimate of drug-likeness (QED) is 0.734. The summed E-state index contributed by atoms with van der Waals surface area (Å²) in [6.07, 6.45) is 4.42. The van der Waals surface area contributed by atoms with Gasteiger partial charge < -0.3 is 10.1 Å². The van der Waals surface area contributed by atoms with Crippen LogP contribution in [0.15, 0.2) is 0 Å². The highest BCUT2D eigenvalue weighted by molar-refractivity contribution is 5.85. The molecule has 0 aromatic rings. The third-order valence-electron chi connectivity index (χ3n) is 3.55. The third-order valence-corrected chi connectivity index (χ3v) is 3.55. The number of nitrogens with zero attached hydrogens (tertiary/aromatic N) is 1. The number of hydrogen-bond donors (Lipinski definition) is 1. The highest BCUT2D eigenvalue weighted by atomic mass is 35.5. The smallest absolute Gasteiger partial charge is 0.323 e. The van der Waals surface area contributed by atoms with Gasteiger partial charge in [-0.2, -0.15) is 0 Å². The first-order valence-electron chi connectivity index (χ1n) is 5.87. The molecule has 16 heavy (non-hydrogen) atoms. The minimum atomic E-state index is -0.0500. The van der Waals surface area contributed by atoms with E-state index < -0.39 is 0 Å². The van der Waals surface area contributed by atoms with Crippen LogP contribution in [-0.4, -0.2) is 49.7 Å². The van der Waals surface area contributed by atoms with Gasteiger partial charge in [0, 0.05) is 6.04 Å². The van der Waals surface area contributed by atoms with Crippen LogP contribution in [0.1, 0.15) is 25.7 Å². The van der Waals surface area contributed by atoms with E-state index in [9.17, 15) is 4.79 Å². The Bertz CT molecular complexity index is 232. The van der Waals surface area contributed by atoms with Crippen molar-refractivity contribution in [3.05, 3.63) is 0 Å². The second kappa shape index (κ2) is 6.42. The average molecular weight is 249 g/mol. The lowest BCUT2D eigenvalue weighted by Crippen LogP contribution is -2.48. The van der Waals surface area contributed by atoms with E-state index in [1.54, 1.807) is 0 Å². The summed E-state index contributed by atoms with van der Waals surface area (Å²) in [6.45, 7) is 3.22. The van der Waals surface area contributed by atoms with Crippen molar-refractivity contribution in [2.24, 2.45) is 0 Å². The zero-order valence-electron chi connectivity index (χ0n) is 9.78. The monoisotopic (exact) mass is 248 g/mol. The van der Waals surface area contributed by atoms with E-state index in [4.69, 9.17) is 4.74 Å². The van der Waals surface area contributed by atoms with E-state index in [1.165, 1.54) is 7.11 Å². The number of esters is 1. The van der Waals surface area contributed by atoms with Gasteiger partial charge in [0.05, 0.1) is 7.11 Å². The van der Waals surface area contributed by atoms with Gasteiger partial charge in [0.1, 0.15) is 6.04 Å². The summed E-state index contributed by atoms with van der Waals surface area (Å²) in [5, 5.41) is 3.35. The van der Waals surface area contributed by atoms with E-state index in [1.807, 2.05) is 0 Å². The minimum Gasteiger partial charge on any atom is -0.468 e. The largest absolute Gasteiger partial charge is 0.468 e. The molecular weight excluding hydrogens is 228 g/mol. The molecular formula is C11H21ClN2O2. The topological polar surface area (TPSA) is 41.6 Å². The van der Waals surface area contributed by atoms with Gasteiger partial charge in [-0.3, -0.25) is 9.69 Å². The van der Waals surface area contributed by atoms with Crippen LogP contribution >= 0.6 is 12.4 Å². The Kier molecular flexibility index (Phi) is 5.52. The van der Waals surface area contributed by atoms with Gasteiger partial charge in [0.25, 0.3) is 0 Å². The number of methoxy groups -OCH3 is 1. The van der Waals surface area contributed by atoms with Crippen molar-refractivity contribution in [1.82, 2.24) is 10.2 Å². The lowest BCUT2D eigenvalue weighted by molar-refractivity contribution is -0.146. The maximum absolute atomic E-state index is 11.6. The van der Waals surface area contributed by atoms with Crippen LogP contribution in [-0.2, 0) is 9.53 Å². The molecule has 0 aliphatic carbocycles. The summed E-state index contributed by atoms with van der Waals surface area (Å²) in [7, 11) is 1.49. The number of ether oxygens (including phenoxy) is 1. The SMILES string of the molecule is COC(=O)[C@H]1CCCN1C1CCNCC1.Cl. The van der Waals surface area contributed by atoms with Gasteiger partial charge in [0.15, 0.2) is 0 Å². The Balaban J connectivity index is 0.00000128. The molecule has 4 nitrogen and oxygen atoms in total. The standard InChI is InChI=1S/C11H20N2O2.ClH/c1-15-11(14)10-3-2-8-13(10)9-4-6-12-7-5-9;/h9-10,12H,2-8H2,1H3;1H/t10-;/m1./s1. The molecule has 2 fully saturated rings. The lowest BCUT2D eigenvalue weighted by atomic mass is 10.0. The number of carbonyl (C=O) groups excluding carboxylic acids is 1. The molecule has 94 valence electrons. The first kappa shape index (κ1) is 13.7. The summed E-state index contributed by atoms with van der Waals surface area (Å²) in [5.74, 6) is -0.0500. The van der Waals surface area contributed by atoms with Gasteiger partial charge in [-0.15, -0.1) is 12.4 Å². The van der Waals surface area contributed by atoms with Crippen molar-refractivity contribution >= 4 is 18.4 Å². The Morgan fingerprint density at radius 1 is 1.31 bits per heavy atom. The molecule has 2 aliphatic rings. The fourth-order valence-corrected chi connectivity index (χ4v) is 2.75. The fourth-order valence-electron chi connectivity index (χ4n) is 2.75. The second-order valence-electron chi connectivity index (χ2n) is 4.40. The minimum absolute atomic E-state index is 0. The molecule has 2 heterocycles. The van der Waals surface area contributed by atoms with Crippen LogP contribution in [0.4, 0.5) is 0 Å². The maximum atomic E-state index is 11.6. The molecule has 0 unspecified atom stereocenters. The Hall–Kier alpha value is -0.320. The molecule has 0 amide bonds. The van der Waals surface area contributed by atoms with Crippen LogP contribution in [0, 0.1) is 0 Å². The summed E-state index contributed by atoms with van der Waals surface area (Å²) in [5.41, 5.74) is 0. The molecule has 0 radical (unpaired) electrons. The lowest BCUT2D eigenvalue weighted by Gasteiger charge is -2.34. The van der Waals surface area contributed by atoms with Crippen molar-refractivity contribution in [1.29, 1.82) is 0 Å². The van der Waals surface area contributed by atoms with E-state index >= 15 is 0 Å². The van der Waals surface area contributed by atoms with Crippen molar-refractivity contribution in [3.63, 3.8) is 0 Å². The van der Waals surface area contributed by atoms with Crippen molar-refractivity contribution < 1.29 is 9.53 Å². The van der Waals surface area contributed by atoms with Crippen LogP contribution < -0.4 is 5.32 Å². The predicted molar refractivity (Wildman–Crippen MR) is 64.9 cm³/mol. The molecule has 1 N–H and O–H groups in total. The van der Waals surface area contributed by atoms with Gasteiger partial charge in [-0.1, -0.05) is 0 Å². The van der Waals surface area contributed by atoms with Crippen molar-refractivity contribution in [3.8, 4) is 0 Å². The maximum Gasteiger partial charge on any atom is 0.323 e. The summed E-state index contributed by atoms with van der Waals surface area (Å²) in [4.78, 5) is 13.9. The first-order valence-corrected chi connectivity index (χ1v) is 5.87. The molecule has 1 atom stereocenters. The predicted octanol–water partition coefficient (Wildman–Crippen LogP) is 0.798. The fraction of sp³-hybridized carbons (Fsp3) is 0.909. The van der Waals surface area contributed by atoms with Crippen LogP contribution in [0.3, 0.4) is 0 Å². The summed E-state index contributed by atoms with van der Waals surface area (Å²) < 4.78 is 4.86. The van der Waals surface area contributed by atoms with Crippen molar-refractivity contribution in [2.75, 3.05) is 26.7 Å². The Morgan fingerprint density at radius 2 is 2.00 bits per heavy atom. The number of rotatable bonds is 2. The number of halogens is 1. The number of likely N-dealkylation sites (tertiary alicyclic amines) is 1. The third kappa shape index (κ3) is 2.87. The number of carbonyl (C=O) groups is 1. The Labute approximate surface area is 103 Å². The number of hydrogen-bond acceptors (Lipinski definition) is 4. The molecule has 2 rings (SSSR count). The van der Waals surface area contributed by atoms with Gasteiger partial charge in [-0.25, -0.2) is 0 Å². The molecule has 0 aromatic heterocycles. The summed E-state index contributed by atoms with van der Waals surface area (Å²) in [6, 6.07) is 0.607. The van der Waals surface area contributed by atoms with Crippen LogP contribution in [0.2, 0.25) is 0 Å². The molecule has 0 aromatic carbocycles. The average Bonchev–Trinajstić information content (AvgIpc) is 2.78. The van der Waals surface area contributed by atoms with E-state index in [0.29, 0.717) is 6.04 Å². The second-order valence-corrected chi connectivity index (χ2v) is 4.40. The molecule has 0 bridgehead atoms. The zero-order chi connectivity index (χ0) is 10.7. The summed E-state index contributed by atoms with van der Waals surface area (Å²) >= 11 is 0. The van der Waals surface area contributed by atoms with Crippen LogP contribution in [0.5, 0.6) is 0 Å². The van der Waals surface area contributed by atoms with Crippen LogP contribution in [0.25, 0.3) is 0 Å². The number of nitrogens with one attached hydrogen (secondary N) is 1. The van der Waals surface area contributed by atoms with Crippen molar-refractivity contribution in [2.45, 2.75) is 37.8 Å². The van der Waals surface area contributed by atoms with E-state index in [-0.39, 0.29) is 24.4 Å².